The van der Waals surface area contributed by atoms with Gasteiger partial charge in [-0.15, -0.1) is 0 Å². The van der Waals surface area contributed by atoms with Crippen LogP contribution < -0.4 is 0 Å². The van der Waals surface area contributed by atoms with Gasteiger partial charge in [0.05, 0.1) is 12.0 Å². The Morgan fingerprint density at radius 2 is 1.68 bits per heavy atom. The number of hydrogen-bond donors (Lipinski definition) is 0. The van der Waals surface area contributed by atoms with Crippen LogP contribution in [0.2, 0.25) is 0 Å². The molecule has 0 saturated carbocycles. The number of nitrogens with zero attached hydrogens (tertiary/aromatic N) is 2. The van der Waals surface area contributed by atoms with Crippen molar-refractivity contribution in [1.29, 1.82) is 0 Å². The SMILES string of the molecule is CCOC(=O)[C@H]1CCCCN1C(=O)C[C@@]1(c2ccc(-c3ccccc3)cc2)CC(=O)N(C)C1=O. The van der Waals surface area contributed by atoms with Gasteiger partial charge in [-0.25, -0.2) is 4.79 Å². The molecule has 2 atom stereocenters. The van der Waals surface area contributed by atoms with Crippen LogP contribution in [0.3, 0.4) is 0 Å². The highest BCUT2D eigenvalue weighted by atomic mass is 16.5. The summed E-state index contributed by atoms with van der Waals surface area (Å²) in [7, 11) is 1.46. The average Bonchev–Trinajstić information content (AvgIpc) is 3.08. The highest BCUT2D eigenvalue weighted by Crippen LogP contribution is 2.41. The molecule has 2 aromatic carbocycles. The van der Waals surface area contributed by atoms with E-state index in [-0.39, 0.29) is 37.2 Å². The monoisotopic (exact) mass is 462 g/mol. The Labute approximate surface area is 199 Å². The number of likely N-dealkylation sites (N-methyl/N-ethyl adjacent to an activating group) is 1. The molecule has 34 heavy (non-hydrogen) atoms. The number of piperidine rings is 1. The minimum atomic E-state index is -1.28. The van der Waals surface area contributed by atoms with E-state index in [4.69, 9.17) is 4.74 Å². The van der Waals surface area contributed by atoms with Crippen LogP contribution in [0, 0.1) is 0 Å². The number of imide groups is 1. The molecule has 7 heteroatoms. The van der Waals surface area contributed by atoms with Gasteiger partial charge in [-0.05, 0) is 42.9 Å². The first kappa shape index (κ1) is 23.7. The fourth-order valence-electron chi connectivity index (χ4n) is 5.04. The molecule has 4 rings (SSSR count). The fourth-order valence-corrected chi connectivity index (χ4v) is 5.04. The zero-order valence-electron chi connectivity index (χ0n) is 19.7. The summed E-state index contributed by atoms with van der Waals surface area (Å²) in [6.07, 6.45) is 1.92. The Kier molecular flexibility index (Phi) is 6.82. The highest BCUT2D eigenvalue weighted by Gasteiger charge is 2.53. The number of esters is 1. The summed E-state index contributed by atoms with van der Waals surface area (Å²) in [5, 5.41) is 0. The Hall–Kier alpha value is -3.48. The van der Waals surface area contributed by atoms with Crippen molar-refractivity contribution in [3.63, 3.8) is 0 Å². The Bertz CT molecular complexity index is 1080. The van der Waals surface area contributed by atoms with Gasteiger partial charge < -0.3 is 9.64 Å². The van der Waals surface area contributed by atoms with E-state index >= 15 is 0 Å². The number of rotatable bonds is 6. The van der Waals surface area contributed by atoms with Crippen LogP contribution in [0.4, 0.5) is 0 Å². The topological polar surface area (TPSA) is 84.0 Å². The van der Waals surface area contributed by atoms with Gasteiger partial charge in [-0.3, -0.25) is 19.3 Å². The Balaban J connectivity index is 1.66. The standard InChI is InChI=1S/C27H30N2O5/c1-3-34-25(32)22-11-7-8-16-29(22)24(31)18-27(17-23(30)28(2)26(27)33)21-14-12-20(13-15-21)19-9-5-4-6-10-19/h4-6,9-10,12-15,22H,3,7-8,11,16-18H2,1-2H3/t22-,27-/m1/s1. The van der Waals surface area contributed by atoms with Crippen molar-refractivity contribution in [1.82, 2.24) is 9.80 Å². The first-order chi connectivity index (χ1) is 16.4. The minimum Gasteiger partial charge on any atom is -0.464 e. The van der Waals surface area contributed by atoms with Crippen LogP contribution in [0.25, 0.3) is 11.1 Å². The molecular formula is C27H30N2O5. The van der Waals surface area contributed by atoms with Gasteiger partial charge >= 0.3 is 5.97 Å². The van der Waals surface area contributed by atoms with E-state index in [9.17, 15) is 19.2 Å². The molecule has 2 heterocycles. The van der Waals surface area contributed by atoms with Gasteiger partial charge in [0.1, 0.15) is 6.04 Å². The van der Waals surface area contributed by atoms with Crippen molar-refractivity contribution in [3.05, 3.63) is 60.2 Å². The van der Waals surface area contributed by atoms with Crippen LogP contribution >= 0.6 is 0 Å². The average molecular weight is 463 g/mol. The van der Waals surface area contributed by atoms with Crippen LogP contribution in [-0.4, -0.2) is 59.7 Å². The van der Waals surface area contributed by atoms with Crippen LogP contribution in [0.5, 0.6) is 0 Å². The van der Waals surface area contributed by atoms with E-state index in [0.29, 0.717) is 18.5 Å². The maximum absolute atomic E-state index is 13.5. The van der Waals surface area contributed by atoms with Gasteiger partial charge in [-0.2, -0.15) is 0 Å². The van der Waals surface area contributed by atoms with Crippen molar-refractivity contribution >= 4 is 23.7 Å². The van der Waals surface area contributed by atoms with Gasteiger partial charge in [0.15, 0.2) is 0 Å². The molecule has 2 fully saturated rings. The second-order valence-corrected chi connectivity index (χ2v) is 8.99. The quantitative estimate of drug-likeness (QED) is 0.486. The van der Waals surface area contributed by atoms with Gasteiger partial charge in [-0.1, -0.05) is 54.6 Å². The van der Waals surface area contributed by atoms with Gasteiger partial charge in [0.2, 0.25) is 17.7 Å². The zero-order valence-corrected chi connectivity index (χ0v) is 19.7. The number of ether oxygens (including phenoxy) is 1. The van der Waals surface area contributed by atoms with E-state index in [1.807, 2.05) is 54.6 Å². The minimum absolute atomic E-state index is 0.0727. The van der Waals surface area contributed by atoms with Gasteiger partial charge in [0, 0.05) is 26.4 Å². The molecule has 178 valence electrons. The van der Waals surface area contributed by atoms with E-state index in [1.165, 1.54) is 11.9 Å². The van der Waals surface area contributed by atoms with E-state index < -0.39 is 17.4 Å². The van der Waals surface area contributed by atoms with E-state index in [1.54, 1.807) is 6.92 Å². The summed E-state index contributed by atoms with van der Waals surface area (Å²) in [6, 6.07) is 16.7. The number of amides is 3. The number of carbonyl (C=O) groups excluding carboxylic acids is 4. The van der Waals surface area contributed by atoms with Crippen molar-refractivity contribution in [2.45, 2.75) is 50.5 Å². The fraction of sp³-hybridized carbons (Fsp3) is 0.407. The number of hydrogen-bond acceptors (Lipinski definition) is 5. The molecule has 2 aliphatic rings. The molecule has 2 saturated heterocycles. The first-order valence-electron chi connectivity index (χ1n) is 11.8. The summed E-state index contributed by atoms with van der Waals surface area (Å²) in [6.45, 7) is 2.41. The summed E-state index contributed by atoms with van der Waals surface area (Å²) in [5.41, 5.74) is 1.37. The predicted octanol–water partition coefficient (Wildman–Crippen LogP) is 3.31. The molecule has 0 aromatic heterocycles. The van der Waals surface area contributed by atoms with Crippen molar-refractivity contribution in [2.75, 3.05) is 20.2 Å². The third kappa shape index (κ3) is 4.34. The molecule has 2 aromatic rings. The second-order valence-electron chi connectivity index (χ2n) is 8.99. The lowest BCUT2D eigenvalue weighted by Crippen LogP contribution is -2.51. The summed E-state index contributed by atoms with van der Waals surface area (Å²) < 4.78 is 5.19. The maximum Gasteiger partial charge on any atom is 0.328 e. The lowest BCUT2D eigenvalue weighted by atomic mass is 9.75. The van der Waals surface area contributed by atoms with Crippen molar-refractivity contribution in [2.24, 2.45) is 0 Å². The number of likely N-dealkylation sites (tertiary alicyclic amines) is 2. The van der Waals surface area contributed by atoms with Crippen LogP contribution in [0.1, 0.15) is 44.6 Å². The molecular weight excluding hydrogens is 432 g/mol. The lowest BCUT2D eigenvalue weighted by molar-refractivity contribution is -0.157. The van der Waals surface area contributed by atoms with Crippen molar-refractivity contribution < 1.29 is 23.9 Å². The molecule has 0 aliphatic carbocycles. The van der Waals surface area contributed by atoms with Crippen molar-refractivity contribution in [3.8, 4) is 11.1 Å². The predicted molar refractivity (Wildman–Crippen MR) is 127 cm³/mol. The normalized spacial score (nSPS) is 22.7. The Morgan fingerprint density at radius 3 is 2.29 bits per heavy atom. The molecule has 0 N–H and O–H groups in total. The molecule has 0 spiro atoms. The number of carbonyl (C=O) groups is 4. The molecule has 2 aliphatic heterocycles. The highest BCUT2D eigenvalue weighted by molar-refractivity contribution is 6.10. The summed E-state index contributed by atoms with van der Waals surface area (Å²) in [4.78, 5) is 54.6. The van der Waals surface area contributed by atoms with Crippen LogP contribution in [0.15, 0.2) is 54.6 Å². The molecule has 7 nitrogen and oxygen atoms in total. The van der Waals surface area contributed by atoms with E-state index in [0.717, 1.165) is 28.9 Å². The van der Waals surface area contributed by atoms with Gasteiger partial charge in [0.25, 0.3) is 0 Å². The summed E-state index contributed by atoms with van der Waals surface area (Å²) >= 11 is 0. The molecule has 0 bridgehead atoms. The van der Waals surface area contributed by atoms with E-state index in [2.05, 4.69) is 0 Å². The number of benzene rings is 2. The second kappa shape index (κ2) is 9.79. The maximum atomic E-state index is 13.5. The largest absolute Gasteiger partial charge is 0.464 e. The Morgan fingerprint density at radius 1 is 1.00 bits per heavy atom. The summed E-state index contributed by atoms with van der Waals surface area (Å²) in [5.74, 6) is -1.42. The molecule has 3 amide bonds. The first-order valence-corrected chi connectivity index (χ1v) is 11.8. The molecule has 0 unspecified atom stereocenters. The third-order valence-electron chi connectivity index (χ3n) is 6.92. The lowest BCUT2D eigenvalue weighted by Gasteiger charge is -2.36. The van der Waals surface area contributed by atoms with Crippen LogP contribution in [-0.2, 0) is 29.3 Å². The molecule has 0 radical (unpaired) electrons. The third-order valence-corrected chi connectivity index (χ3v) is 6.92. The zero-order chi connectivity index (χ0) is 24.3. The smallest absolute Gasteiger partial charge is 0.328 e.